The molecule has 0 unspecified atom stereocenters. The Morgan fingerprint density at radius 1 is 1.08 bits per heavy atom. The summed E-state index contributed by atoms with van der Waals surface area (Å²) in [5, 5.41) is 5.22. The van der Waals surface area contributed by atoms with Gasteiger partial charge in [0.05, 0.1) is 0 Å². The van der Waals surface area contributed by atoms with Crippen molar-refractivity contribution in [2.75, 3.05) is 18.5 Å². The number of benzene rings is 1. The third kappa shape index (κ3) is 6.02. The van der Waals surface area contributed by atoms with E-state index < -0.39 is 11.9 Å². The van der Waals surface area contributed by atoms with E-state index in [-0.39, 0.29) is 25.0 Å². The quantitative estimate of drug-likeness (QED) is 0.782. The average Bonchev–Trinajstić information content (AvgIpc) is 2.60. The van der Waals surface area contributed by atoms with E-state index in [9.17, 15) is 14.4 Å². The van der Waals surface area contributed by atoms with Gasteiger partial charge in [0.1, 0.15) is 6.54 Å². The molecular weight excluding hydrogens is 308 g/mol. The van der Waals surface area contributed by atoms with E-state index in [4.69, 9.17) is 4.74 Å². The lowest BCUT2D eigenvalue weighted by Crippen LogP contribution is -2.36. The molecule has 6 nitrogen and oxygen atoms in total. The lowest BCUT2D eigenvalue weighted by atomic mass is 9.89. The summed E-state index contributed by atoms with van der Waals surface area (Å²) in [7, 11) is 0. The molecule has 1 aromatic rings. The van der Waals surface area contributed by atoms with Gasteiger partial charge in [-0.05, 0) is 31.9 Å². The van der Waals surface area contributed by atoms with E-state index >= 15 is 0 Å². The molecule has 2 amide bonds. The van der Waals surface area contributed by atoms with Crippen LogP contribution >= 0.6 is 0 Å². The maximum atomic E-state index is 11.9. The van der Waals surface area contributed by atoms with Crippen LogP contribution in [0.15, 0.2) is 24.3 Å². The summed E-state index contributed by atoms with van der Waals surface area (Å²) in [6.45, 7) is 1.38. The molecule has 0 aliphatic heterocycles. The molecule has 2 rings (SSSR count). The molecule has 1 fully saturated rings. The number of carbonyl (C=O) groups is 3. The number of aryl methyl sites for hydroxylation is 1. The number of nitrogens with one attached hydrogen (secondary N) is 2. The van der Waals surface area contributed by atoms with Crippen molar-refractivity contribution in [3.05, 3.63) is 29.8 Å². The molecule has 24 heavy (non-hydrogen) atoms. The molecule has 2 N–H and O–H groups in total. The van der Waals surface area contributed by atoms with Gasteiger partial charge in [-0.1, -0.05) is 37.0 Å². The Bertz CT molecular complexity index is 577. The van der Waals surface area contributed by atoms with Crippen molar-refractivity contribution < 1.29 is 19.1 Å². The smallest absolute Gasteiger partial charge is 0.325 e. The first kappa shape index (κ1) is 18.0. The van der Waals surface area contributed by atoms with Crippen LogP contribution in [0.1, 0.15) is 37.7 Å². The Kier molecular flexibility index (Phi) is 6.78. The maximum absolute atomic E-state index is 11.9. The Labute approximate surface area is 142 Å². The third-order valence-electron chi connectivity index (χ3n) is 4.08. The minimum atomic E-state index is -0.613. The van der Waals surface area contributed by atoms with Crippen molar-refractivity contribution in [1.29, 1.82) is 0 Å². The minimum Gasteiger partial charge on any atom is -0.454 e. The molecule has 1 aromatic carbocycles. The van der Waals surface area contributed by atoms with Gasteiger partial charge in [0.2, 0.25) is 5.91 Å². The first-order valence-corrected chi connectivity index (χ1v) is 8.34. The van der Waals surface area contributed by atoms with Crippen LogP contribution in [0.2, 0.25) is 0 Å². The van der Waals surface area contributed by atoms with Gasteiger partial charge in [0.25, 0.3) is 5.91 Å². The van der Waals surface area contributed by atoms with Crippen molar-refractivity contribution in [2.24, 2.45) is 5.92 Å². The van der Waals surface area contributed by atoms with E-state index in [1.165, 1.54) is 6.42 Å². The number of hydrogen-bond donors (Lipinski definition) is 2. The van der Waals surface area contributed by atoms with Crippen LogP contribution in [0.4, 0.5) is 5.69 Å². The highest BCUT2D eigenvalue weighted by atomic mass is 16.5. The molecule has 0 spiro atoms. The molecule has 1 saturated carbocycles. The highest BCUT2D eigenvalue weighted by Crippen LogP contribution is 2.23. The number of rotatable bonds is 6. The Balaban J connectivity index is 1.64. The monoisotopic (exact) mass is 332 g/mol. The van der Waals surface area contributed by atoms with Crippen LogP contribution in [0.3, 0.4) is 0 Å². The van der Waals surface area contributed by atoms with Gasteiger partial charge in [-0.2, -0.15) is 0 Å². The van der Waals surface area contributed by atoms with Gasteiger partial charge < -0.3 is 15.4 Å². The molecule has 0 saturated heterocycles. The zero-order valence-electron chi connectivity index (χ0n) is 14.0. The second-order valence-electron chi connectivity index (χ2n) is 6.13. The van der Waals surface area contributed by atoms with Crippen LogP contribution in [0.5, 0.6) is 0 Å². The summed E-state index contributed by atoms with van der Waals surface area (Å²) >= 11 is 0. The third-order valence-corrected chi connectivity index (χ3v) is 4.08. The predicted octanol–water partition coefficient (Wildman–Crippen LogP) is 2.17. The number of hydrogen-bond acceptors (Lipinski definition) is 4. The topological polar surface area (TPSA) is 84.5 Å². The van der Waals surface area contributed by atoms with Crippen molar-refractivity contribution in [3.63, 3.8) is 0 Å². The molecule has 0 radical (unpaired) electrons. The zero-order valence-corrected chi connectivity index (χ0v) is 14.0. The summed E-state index contributed by atoms with van der Waals surface area (Å²) in [6, 6.07) is 7.31. The molecule has 6 heteroatoms. The van der Waals surface area contributed by atoms with Crippen LogP contribution < -0.4 is 10.6 Å². The fourth-order valence-electron chi connectivity index (χ4n) is 2.70. The number of esters is 1. The van der Waals surface area contributed by atoms with Crippen LogP contribution in [0, 0.1) is 12.8 Å². The lowest BCUT2D eigenvalue weighted by Gasteiger charge is -2.20. The standard InChI is InChI=1S/C18H24N2O4/c1-13-7-9-15(10-8-13)20-16(21)12-24-17(22)11-19-18(23)14-5-3-2-4-6-14/h7-10,14H,2-6,11-12H2,1H3,(H,19,23)(H,20,21). The zero-order chi connectivity index (χ0) is 17.4. The van der Waals surface area contributed by atoms with Crippen molar-refractivity contribution in [2.45, 2.75) is 39.0 Å². The highest BCUT2D eigenvalue weighted by Gasteiger charge is 2.21. The van der Waals surface area contributed by atoms with E-state index in [2.05, 4.69) is 10.6 Å². The van der Waals surface area contributed by atoms with E-state index in [1.54, 1.807) is 12.1 Å². The largest absolute Gasteiger partial charge is 0.454 e. The Hall–Kier alpha value is -2.37. The van der Waals surface area contributed by atoms with Crippen molar-refractivity contribution in [1.82, 2.24) is 5.32 Å². The SMILES string of the molecule is Cc1ccc(NC(=O)COC(=O)CNC(=O)C2CCCCC2)cc1. The summed E-state index contributed by atoms with van der Waals surface area (Å²) < 4.78 is 4.87. The molecule has 1 aliphatic rings. The molecule has 0 atom stereocenters. The maximum Gasteiger partial charge on any atom is 0.325 e. The van der Waals surface area contributed by atoms with Gasteiger partial charge in [-0.3, -0.25) is 14.4 Å². The number of ether oxygens (including phenoxy) is 1. The van der Waals surface area contributed by atoms with Gasteiger partial charge in [-0.15, -0.1) is 0 Å². The number of anilines is 1. The van der Waals surface area contributed by atoms with E-state index in [1.807, 2.05) is 19.1 Å². The minimum absolute atomic E-state index is 0.00335. The van der Waals surface area contributed by atoms with Gasteiger partial charge in [0.15, 0.2) is 6.61 Å². The van der Waals surface area contributed by atoms with Crippen LogP contribution in [-0.2, 0) is 19.1 Å². The summed E-state index contributed by atoms with van der Waals surface area (Å²) in [5.41, 5.74) is 1.74. The molecule has 0 heterocycles. The summed E-state index contributed by atoms with van der Waals surface area (Å²) in [6.07, 6.45) is 5.03. The summed E-state index contributed by atoms with van der Waals surface area (Å²) in [4.78, 5) is 35.2. The molecule has 0 bridgehead atoms. The average molecular weight is 332 g/mol. The summed E-state index contributed by atoms with van der Waals surface area (Å²) in [5.74, 6) is -1.13. The molecule has 1 aliphatic carbocycles. The van der Waals surface area contributed by atoms with Crippen LogP contribution in [0.25, 0.3) is 0 Å². The predicted molar refractivity (Wildman–Crippen MR) is 90.4 cm³/mol. The molecule has 130 valence electrons. The second-order valence-corrected chi connectivity index (χ2v) is 6.13. The molecular formula is C18H24N2O4. The fourth-order valence-corrected chi connectivity index (χ4v) is 2.70. The highest BCUT2D eigenvalue weighted by molar-refractivity contribution is 5.93. The van der Waals surface area contributed by atoms with Gasteiger partial charge in [0, 0.05) is 11.6 Å². The number of amides is 2. The van der Waals surface area contributed by atoms with Crippen molar-refractivity contribution >= 4 is 23.5 Å². The molecule has 0 aromatic heterocycles. The lowest BCUT2D eigenvalue weighted by molar-refractivity contribution is -0.147. The van der Waals surface area contributed by atoms with E-state index in [0.29, 0.717) is 5.69 Å². The van der Waals surface area contributed by atoms with Gasteiger partial charge >= 0.3 is 5.97 Å². The first-order chi connectivity index (χ1) is 11.5. The Morgan fingerprint density at radius 2 is 1.75 bits per heavy atom. The van der Waals surface area contributed by atoms with Crippen molar-refractivity contribution in [3.8, 4) is 0 Å². The van der Waals surface area contributed by atoms with E-state index in [0.717, 1.165) is 31.2 Å². The fraction of sp³-hybridized carbons (Fsp3) is 0.500. The number of carbonyl (C=O) groups excluding carboxylic acids is 3. The first-order valence-electron chi connectivity index (χ1n) is 8.34. The Morgan fingerprint density at radius 3 is 2.42 bits per heavy atom. The second kappa shape index (κ2) is 9.05. The van der Waals surface area contributed by atoms with Gasteiger partial charge in [-0.25, -0.2) is 0 Å². The normalized spacial score (nSPS) is 14.7. The van der Waals surface area contributed by atoms with Crippen LogP contribution in [-0.4, -0.2) is 30.9 Å².